The minimum absolute atomic E-state index is 0.197. The van der Waals surface area contributed by atoms with Crippen molar-refractivity contribution in [2.24, 2.45) is 0 Å². The molecule has 0 amide bonds. The van der Waals surface area contributed by atoms with E-state index in [-0.39, 0.29) is 17.9 Å². The zero-order valence-corrected chi connectivity index (χ0v) is 15.3. The molecule has 132 valence electrons. The van der Waals surface area contributed by atoms with E-state index < -0.39 is 0 Å². The van der Waals surface area contributed by atoms with Crippen molar-refractivity contribution in [1.29, 1.82) is 0 Å². The third-order valence-electron chi connectivity index (χ3n) is 3.51. The number of ether oxygens (including phenoxy) is 1. The molecule has 0 aliphatic carbocycles. The van der Waals surface area contributed by atoms with Crippen LogP contribution in [0.1, 0.15) is 71.1 Å². The van der Waals surface area contributed by atoms with E-state index in [4.69, 9.17) is 28.3 Å². The van der Waals surface area contributed by atoms with Crippen LogP contribution in [0.3, 0.4) is 0 Å². The van der Waals surface area contributed by atoms with Gasteiger partial charge in [-0.15, -0.1) is 0 Å². The normalized spacial score (nSPS) is 10.6. The Hall–Kier alpha value is -1.01. The number of aromatic nitrogens is 3. The third kappa shape index (κ3) is 9.66. The summed E-state index contributed by atoms with van der Waals surface area (Å²) in [6, 6.07) is 0.210. The first-order valence-electron chi connectivity index (χ1n) is 8.42. The van der Waals surface area contributed by atoms with Crippen molar-refractivity contribution in [3.63, 3.8) is 0 Å². The lowest BCUT2D eigenvalue weighted by atomic mass is 10.1. The summed E-state index contributed by atoms with van der Waals surface area (Å²) in [5, 5.41) is 0. The van der Waals surface area contributed by atoms with Crippen LogP contribution in [0.25, 0.3) is 0 Å². The van der Waals surface area contributed by atoms with Gasteiger partial charge in [0.15, 0.2) is 0 Å². The van der Waals surface area contributed by atoms with Crippen molar-refractivity contribution in [2.45, 2.75) is 71.1 Å². The molecule has 0 fully saturated rings. The van der Waals surface area contributed by atoms with E-state index in [0.717, 1.165) is 12.8 Å². The van der Waals surface area contributed by atoms with Crippen molar-refractivity contribution in [3.05, 3.63) is 0 Å². The number of unbranched alkanes of at least 4 members (excludes halogenated alkanes) is 9. The zero-order valence-electron chi connectivity index (χ0n) is 13.8. The van der Waals surface area contributed by atoms with Crippen LogP contribution in [0, 0.1) is 0 Å². The minimum Gasteiger partial charge on any atom is -0.463 e. The second-order valence-electron chi connectivity index (χ2n) is 5.48. The molecule has 8 heteroatoms. The van der Waals surface area contributed by atoms with Gasteiger partial charge in [-0.1, -0.05) is 64.7 Å². The summed E-state index contributed by atoms with van der Waals surface area (Å²) < 4.78 is 5.50. The molecule has 0 aliphatic heterocycles. The fraction of sp³-hybridized carbons (Fsp3) is 0.800. The van der Waals surface area contributed by atoms with Gasteiger partial charge in [0.05, 0.1) is 6.61 Å². The van der Waals surface area contributed by atoms with Gasteiger partial charge in [0.2, 0.25) is 11.9 Å². The lowest BCUT2D eigenvalue weighted by Gasteiger charge is -2.06. The molecule has 1 heterocycles. The van der Waals surface area contributed by atoms with Crippen molar-refractivity contribution in [1.82, 2.24) is 15.0 Å². The number of halogens is 2. The summed E-state index contributed by atoms with van der Waals surface area (Å²) in [4.78, 5) is 16.5. The predicted molar refractivity (Wildman–Crippen MR) is 96.1 cm³/mol. The molecular formula is C15H27Cl2N5O. The van der Waals surface area contributed by atoms with Crippen molar-refractivity contribution >= 4 is 35.5 Å². The van der Waals surface area contributed by atoms with Crippen LogP contribution in [0.5, 0.6) is 6.01 Å². The van der Waals surface area contributed by atoms with E-state index in [1.807, 2.05) is 0 Å². The Morgan fingerprint density at radius 3 is 1.70 bits per heavy atom. The number of anilines is 2. The Balaban J connectivity index is 2.04. The summed E-state index contributed by atoms with van der Waals surface area (Å²) in [6.45, 7) is 2.82. The van der Waals surface area contributed by atoms with Crippen LogP contribution in [0.2, 0.25) is 0 Å². The van der Waals surface area contributed by atoms with E-state index in [2.05, 4.69) is 31.5 Å². The third-order valence-corrected chi connectivity index (χ3v) is 3.85. The first-order chi connectivity index (χ1) is 11.3. The fourth-order valence-corrected chi connectivity index (χ4v) is 2.43. The molecule has 1 aromatic heterocycles. The topological polar surface area (TPSA) is 72.0 Å². The van der Waals surface area contributed by atoms with Gasteiger partial charge < -0.3 is 4.74 Å². The smallest absolute Gasteiger partial charge is 0.323 e. The second kappa shape index (κ2) is 13.4. The average molecular weight is 364 g/mol. The maximum atomic E-state index is 5.50. The Labute approximate surface area is 149 Å². The van der Waals surface area contributed by atoms with E-state index in [1.54, 1.807) is 0 Å². The number of nitrogens with zero attached hydrogens (tertiary/aromatic N) is 3. The molecule has 1 rings (SSSR count). The minimum atomic E-state index is 0.197. The Bertz CT molecular complexity index is 401. The van der Waals surface area contributed by atoms with Crippen LogP contribution in [0.15, 0.2) is 0 Å². The van der Waals surface area contributed by atoms with Gasteiger partial charge in [0, 0.05) is 23.6 Å². The average Bonchev–Trinajstić information content (AvgIpc) is 2.59. The molecule has 0 saturated heterocycles. The molecule has 0 aromatic carbocycles. The van der Waals surface area contributed by atoms with Crippen LogP contribution in [0.4, 0.5) is 11.9 Å². The molecule has 23 heavy (non-hydrogen) atoms. The van der Waals surface area contributed by atoms with Gasteiger partial charge in [-0.2, -0.15) is 15.0 Å². The van der Waals surface area contributed by atoms with Crippen molar-refractivity contribution in [3.8, 4) is 6.01 Å². The van der Waals surface area contributed by atoms with E-state index in [9.17, 15) is 0 Å². The molecule has 0 unspecified atom stereocenters. The number of nitrogens with one attached hydrogen (secondary N) is 2. The van der Waals surface area contributed by atoms with Gasteiger partial charge in [0.1, 0.15) is 0 Å². The molecule has 2 N–H and O–H groups in total. The Kier molecular flexibility index (Phi) is 11.7. The second-order valence-corrected chi connectivity index (χ2v) is 5.86. The van der Waals surface area contributed by atoms with Crippen LogP contribution in [-0.4, -0.2) is 21.6 Å². The van der Waals surface area contributed by atoms with E-state index in [0.29, 0.717) is 6.61 Å². The zero-order chi connectivity index (χ0) is 16.8. The maximum Gasteiger partial charge on any atom is 0.323 e. The number of rotatable bonds is 14. The SMILES string of the molecule is CCCCCCCCCCCCOc1nc(NCl)nc(NCl)n1. The number of hydrogen-bond donors (Lipinski definition) is 2. The molecule has 6 nitrogen and oxygen atoms in total. The molecule has 0 bridgehead atoms. The van der Waals surface area contributed by atoms with E-state index in [1.165, 1.54) is 51.4 Å². The summed E-state index contributed by atoms with van der Waals surface area (Å²) in [5.74, 6) is 0.394. The predicted octanol–water partition coefficient (Wildman–Crippen LogP) is 5.30. The molecule has 0 radical (unpaired) electrons. The summed E-state index contributed by atoms with van der Waals surface area (Å²) in [7, 11) is 0. The molecule has 1 aromatic rings. The van der Waals surface area contributed by atoms with Crippen LogP contribution >= 0.6 is 23.6 Å². The standard InChI is InChI=1S/C15H27Cl2N5O/c1-2-3-4-5-6-7-8-9-10-11-12-23-15-19-13(21-16)18-14(20-15)22-17/h2-12H2,1H3,(H2,18,19,20,21,22). The summed E-state index contributed by atoms with van der Waals surface area (Å²) >= 11 is 10.9. The lowest BCUT2D eigenvalue weighted by molar-refractivity contribution is 0.281. The molecule has 0 atom stereocenters. The molecular weight excluding hydrogens is 337 g/mol. The quantitative estimate of drug-likeness (QED) is 0.345. The van der Waals surface area contributed by atoms with Crippen molar-refractivity contribution < 1.29 is 4.74 Å². The first kappa shape index (κ1) is 20.0. The summed E-state index contributed by atoms with van der Waals surface area (Å²) in [6.07, 6.45) is 12.8. The monoisotopic (exact) mass is 363 g/mol. The highest BCUT2D eigenvalue weighted by atomic mass is 35.5. The van der Waals surface area contributed by atoms with Gasteiger partial charge in [0.25, 0.3) is 0 Å². The molecule has 0 aliphatic rings. The number of hydrogen-bond acceptors (Lipinski definition) is 6. The van der Waals surface area contributed by atoms with Crippen LogP contribution in [-0.2, 0) is 0 Å². The Morgan fingerprint density at radius 2 is 1.22 bits per heavy atom. The first-order valence-corrected chi connectivity index (χ1v) is 9.18. The van der Waals surface area contributed by atoms with Gasteiger partial charge in [-0.3, -0.25) is 9.67 Å². The molecule has 0 spiro atoms. The van der Waals surface area contributed by atoms with Crippen molar-refractivity contribution in [2.75, 3.05) is 16.3 Å². The van der Waals surface area contributed by atoms with Gasteiger partial charge in [-0.05, 0) is 6.42 Å². The summed E-state index contributed by atoms with van der Waals surface area (Å²) in [5.41, 5.74) is 0. The lowest BCUT2D eigenvalue weighted by Crippen LogP contribution is -2.05. The van der Waals surface area contributed by atoms with Gasteiger partial charge >= 0.3 is 6.01 Å². The highest BCUT2D eigenvalue weighted by Crippen LogP contribution is 2.14. The maximum absolute atomic E-state index is 5.50. The van der Waals surface area contributed by atoms with Crippen LogP contribution < -0.4 is 14.4 Å². The van der Waals surface area contributed by atoms with E-state index >= 15 is 0 Å². The highest BCUT2D eigenvalue weighted by Gasteiger charge is 2.06. The molecule has 0 saturated carbocycles. The largest absolute Gasteiger partial charge is 0.463 e. The highest BCUT2D eigenvalue weighted by molar-refractivity contribution is 6.24. The van der Waals surface area contributed by atoms with Gasteiger partial charge in [-0.25, -0.2) is 0 Å². The Morgan fingerprint density at radius 1 is 0.739 bits per heavy atom. The fourth-order valence-electron chi connectivity index (χ4n) is 2.26.